The maximum atomic E-state index is 11.7. The molecule has 90 valence electrons. The van der Waals surface area contributed by atoms with Crippen LogP contribution in [0.1, 0.15) is 20.3 Å². The third kappa shape index (κ3) is 2.74. The van der Waals surface area contributed by atoms with E-state index in [1.165, 1.54) is 4.90 Å². The summed E-state index contributed by atoms with van der Waals surface area (Å²) in [6.45, 7) is 8.22. The number of carbonyl (C=O) groups excluding carboxylic acids is 1. The average Bonchev–Trinajstić information content (AvgIpc) is 2.56. The molecule has 0 aromatic rings. The van der Waals surface area contributed by atoms with Crippen LogP contribution in [0.4, 0.5) is 4.79 Å². The number of nitrogens with one attached hydrogen (secondary N) is 1. The molecule has 2 unspecified atom stereocenters. The van der Waals surface area contributed by atoms with Crippen molar-refractivity contribution in [2.45, 2.75) is 26.3 Å². The molecule has 2 N–H and O–H groups in total. The van der Waals surface area contributed by atoms with Crippen molar-refractivity contribution in [1.29, 1.82) is 0 Å². The molecule has 0 aromatic carbocycles. The first-order valence-electron chi connectivity index (χ1n) is 5.35. The van der Waals surface area contributed by atoms with Gasteiger partial charge in [0.2, 0.25) is 0 Å². The summed E-state index contributed by atoms with van der Waals surface area (Å²) in [5, 5.41) is 11.7. The van der Waals surface area contributed by atoms with Crippen molar-refractivity contribution in [1.82, 2.24) is 10.2 Å². The average molecular weight is 226 g/mol. The van der Waals surface area contributed by atoms with Crippen molar-refractivity contribution in [2.24, 2.45) is 5.92 Å². The molecule has 0 saturated carbocycles. The number of hydrogen-bond donors (Lipinski definition) is 2. The highest BCUT2D eigenvalue weighted by molar-refractivity contribution is 5.83. The highest BCUT2D eigenvalue weighted by atomic mass is 16.4. The number of rotatable bonds is 3. The van der Waals surface area contributed by atoms with Gasteiger partial charge in [-0.1, -0.05) is 19.1 Å². The summed E-state index contributed by atoms with van der Waals surface area (Å²) >= 11 is 0. The van der Waals surface area contributed by atoms with Crippen LogP contribution in [0.2, 0.25) is 0 Å². The Morgan fingerprint density at radius 3 is 2.69 bits per heavy atom. The van der Waals surface area contributed by atoms with Gasteiger partial charge in [-0.05, 0) is 19.3 Å². The van der Waals surface area contributed by atoms with Gasteiger partial charge in [-0.25, -0.2) is 9.59 Å². The number of likely N-dealkylation sites (tertiary alicyclic amines) is 1. The van der Waals surface area contributed by atoms with Crippen molar-refractivity contribution in [3.8, 4) is 0 Å². The van der Waals surface area contributed by atoms with Crippen LogP contribution in [0, 0.1) is 5.92 Å². The summed E-state index contributed by atoms with van der Waals surface area (Å²) < 4.78 is 0. The molecule has 2 amide bonds. The topological polar surface area (TPSA) is 69.6 Å². The number of carboxylic acid groups (broad SMARTS) is 1. The SMILES string of the molecule is C=C(C)CNC(=O)N1CCC(C)C1C(=O)O. The normalized spacial score (nSPS) is 24.2. The first kappa shape index (κ1) is 12.5. The van der Waals surface area contributed by atoms with Crippen LogP contribution < -0.4 is 5.32 Å². The number of nitrogens with zero attached hydrogens (tertiary/aromatic N) is 1. The van der Waals surface area contributed by atoms with E-state index in [0.29, 0.717) is 13.1 Å². The second kappa shape index (κ2) is 5.01. The van der Waals surface area contributed by atoms with Crippen LogP contribution in [0.25, 0.3) is 0 Å². The molecule has 1 heterocycles. The number of carbonyl (C=O) groups is 2. The fourth-order valence-electron chi connectivity index (χ4n) is 1.88. The Labute approximate surface area is 95.1 Å². The van der Waals surface area contributed by atoms with Gasteiger partial charge < -0.3 is 15.3 Å². The van der Waals surface area contributed by atoms with Crippen molar-refractivity contribution >= 4 is 12.0 Å². The summed E-state index contributed by atoms with van der Waals surface area (Å²) in [5.74, 6) is -0.927. The van der Waals surface area contributed by atoms with Gasteiger partial charge in [-0.3, -0.25) is 0 Å². The summed E-state index contributed by atoms with van der Waals surface area (Å²) in [6.07, 6.45) is 0.734. The molecule has 1 saturated heterocycles. The van der Waals surface area contributed by atoms with Crippen molar-refractivity contribution in [3.63, 3.8) is 0 Å². The van der Waals surface area contributed by atoms with E-state index in [2.05, 4.69) is 11.9 Å². The lowest BCUT2D eigenvalue weighted by Gasteiger charge is -2.23. The summed E-state index contributed by atoms with van der Waals surface area (Å²) in [6, 6.07) is -1.02. The summed E-state index contributed by atoms with van der Waals surface area (Å²) in [5.41, 5.74) is 0.840. The molecule has 5 nitrogen and oxygen atoms in total. The molecular formula is C11H18N2O3. The smallest absolute Gasteiger partial charge is 0.326 e. The van der Waals surface area contributed by atoms with Crippen LogP contribution in [0.3, 0.4) is 0 Å². The van der Waals surface area contributed by atoms with E-state index in [1.807, 2.05) is 13.8 Å². The van der Waals surface area contributed by atoms with Crippen molar-refractivity contribution < 1.29 is 14.7 Å². The second-order valence-corrected chi connectivity index (χ2v) is 4.36. The molecule has 5 heteroatoms. The fourth-order valence-corrected chi connectivity index (χ4v) is 1.88. The molecule has 16 heavy (non-hydrogen) atoms. The monoisotopic (exact) mass is 226 g/mol. The second-order valence-electron chi connectivity index (χ2n) is 4.36. The summed E-state index contributed by atoms with van der Waals surface area (Å²) in [4.78, 5) is 24.1. The highest BCUT2D eigenvalue weighted by Crippen LogP contribution is 2.23. The Balaban J connectivity index is 2.61. The van der Waals surface area contributed by atoms with E-state index in [4.69, 9.17) is 5.11 Å². The van der Waals surface area contributed by atoms with Gasteiger partial charge >= 0.3 is 12.0 Å². The molecule has 0 spiro atoms. The predicted molar refractivity (Wildman–Crippen MR) is 60.1 cm³/mol. The van der Waals surface area contributed by atoms with Gasteiger partial charge in [0.15, 0.2) is 0 Å². The minimum atomic E-state index is -0.935. The minimum absolute atomic E-state index is 0.00748. The third-order valence-electron chi connectivity index (χ3n) is 2.76. The van der Waals surface area contributed by atoms with E-state index >= 15 is 0 Å². The van der Waals surface area contributed by atoms with E-state index in [1.54, 1.807) is 0 Å². The molecular weight excluding hydrogens is 208 g/mol. The molecule has 1 fully saturated rings. The van der Waals surface area contributed by atoms with Gasteiger partial charge in [0.25, 0.3) is 0 Å². The van der Waals surface area contributed by atoms with E-state index in [0.717, 1.165) is 12.0 Å². The third-order valence-corrected chi connectivity index (χ3v) is 2.76. The maximum Gasteiger partial charge on any atom is 0.326 e. The van der Waals surface area contributed by atoms with Crippen LogP contribution in [0.5, 0.6) is 0 Å². The quantitative estimate of drug-likeness (QED) is 0.707. The molecule has 1 aliphatic rings. The predicted octanol–water partition coefficient (Wildman–Crippen LogP) is 1.07. The molecule has 0 aliphatic carbocycles. The van der Waals surface area contributed by atoms with Crippen LogP contribution in [-0.2, 0) is 4.79 Å². The lowest BCUT2D eigenvalue weighted by molar-refractivity contribution is -0.142. The van der Waals surface area contributed by atoms with Gasteiger partial charge in [-0.15, -0.1) is 0 Å². The first-order valence-corrected chi connectivity index (χ1v) is 5.35. The van der Waals surface area contributed by atoms with Crippen LogP contribution in [0.15, 0.2) is 12.2 Å². The first-order chi connectivity index (χ1) is 7.43. The molecule has 1 aliphatic heterocycles. The standard InChI is InChI=1S/C11H18N2O3/c1-7(2)6-12-11(16)13-5-4-8(3)9(13)10(14)15/h8-9H,1,4-6H2,2-3H3,(H,12,16)(H,14,15). The zero-order valence-electron chi connectivity index (χ0n) is 9.69. The van der Waals surface area contributed by atoms with Crippen molar-refractivity contribution in [2.75, 3.05) is 13.1 Å². The highest BCUT2D eigenvalue weighted by Gasteiger charge is 2.39. The minimum Gasteiger partial charge on any atom is -0.480 e. The zero-order valence-corrected chi connectivity index (χ0v) is 9.69. The lowest BCUT2D eigenvalue weighted by Crippen LogP contribution is -2.47. The number of hydrogen-bond acceptors (Lipinski definition) is 2. The van der Waals surface area contributed by atoms with Gasteiger partial charge in [0.1, 0.15) is 6.04 Å². The van der Waals surface area contributed by atoms with Crippen molar-refractivity contribution in [3.05, 3.63) is 12.2 Å². The molecule has 0 radical (unpaired) electrons. The fraction of sp³-hybridized carbons (Fsp3) is 0.636. The molecule has 2 atom stereocenters. The molecule has 0 bridgehead atoms. The Morgan fingerprint density at radius 2 is 2.19 bits per heavy atom. The lowest BCUT2D eigenvalue weighted by atomic mass is 10.0. The molecule has 0 aromatic heterocycles. The summed E-state index contributed by atoms with van der Waals surface area (Å²) in [7, 11) is 0. The van der Waals surface area contributed by atoms with E-state index in [-0.39, 0.29) is 11.9 Å². The Hall–Kier alpha value is -1.52. The zero-order chi connectivity index (χ0) is 12.3. The van der Waals surface area contributed by atoms with Gasteiger partial charge in [0, 0.05) is 13.1 Å². The number of carboxylic acids is 1. The number of amides is 2. The van der Waals surface area contributed by atoms with Gasteiger partial charge in [-0.2, -0.15) is 0 Å². The van der Waals surface area contributed by atoms with Gasteiger partial charge in [0.05, 0.1) is 0 Å². The van der Waals surface area contributed by atoms with E-state index < -0.39 is 12.0 Å². The number of urea groups is 1. The number of aliphatic carboxylic acids is 1. The Kier molecular flexibility index (Phi) is 3.93. The Bertz CT molecular complexity index is 314. The van der Waals surface area contributed by atoms with E-state index in [9.17, 15) is 9.59 Å². The largest absolute Gasteiger partial charge is 0.480 e. The van der Waals surface area contributed by atoms with Crippen LogP contribution in [-0.4, -0.2) is 41.1 Å². The maximum absolute atomic E-state index is 11.7. The Morgan fingerprint density at radius 1 is 1.56 bits per heavy atom. The van der Waals surface area contributed by atoms with Crippen LogP contribution >= 0.6 is 0 Å². The molecule has 1 rings (SSSR count).